The zero-order valence-corrected chi connectivity index (χ0v) is 13.0. The predicted molar refractivity (Wildman–Crippen MR) is 85.2 cm³/mol. The van der Waals surface area contributed by atoms with Gasteiger partial charge in [0.05, 0.1) is 6.54 Å². The molecule has 4 nitrogen and oxygen atoms in total. The number of hydrogen-bond acceptors (Lipinski definition) is 3. The van der Waals surface area contributed by atoms with Gasteiger partial charge < -0.3 is 10.6 Å². The van der Waals surface area contributed by atoms with E-state index in [1.807, 2.05) is 19.2 Å². The van der Waals surface area contributed by atoms with Gasteiger partial charge in [-0.2, -0.15) is 0 Å². The second-order valence-corrected chi connectivity index (χ2v) is 5.88. The molecule has 2 rings (SSSR count). The Bertz CT molecular complexity index is 609. The molecule has 2 aromatic rings. The molecule has 21 heavy (non-hydrogen) atoms. The van der Waals surface area contributed by atoms with E-state index in [1.54, 1.807) is 30.5 Å². The van der Waals surface area contributed by atoms with Crippen LogP contribution in [0.4, 0.5) is 4.39 Å². The molecule has 0 aliphatic carbocycles. The van der Waals surface area contributed by atoms with Crippen molar-refractivity contribution in [1.29, 1.82) is 0 Å². The Morgan fingerprint density at radius 3 is 2.81 bits per heavy atom. The van der Waals surface area contributed by atoms with Crippen molar-refractivity contribution in [2.45, 2.75) is 19.9 Å². The average molecular weight is 306 g/mol. The SMILES string of the molecule is CN=C(NCCc1ccccc1F)NCc1ncc(C)s1. The Hall–Kier alpha value is -1.95. The minimum absolute atomic E-state index is 0.166. The first kappa shape index (κ1) is 15.4. The van der Waals surface area contributed by atoms with E-state index in [9.17, 15) is 4.39 Å². The number of guanidine groups is 1. The lowest BCUT2D eigenvalue weighted by Crippen LogP contribution is -2.37. The monoisotopic (exact) mass is 306 g/mol. The molecule has 2 N–H and O–H groups in total. The van der Waals surface area contributed by atoms with Crippen LogP contribution in [0.5, 0.6) is 0 Å². The lowest BCUT2D eigenvalue weighted by molar-refractivity contribution is 0.606. The van der Waals surface area contributed by atoms with Gasteiger partial charge in [-0.1, -0.05) is 18.2 Å². The third-order valence-corrected chi connectivity index (χ3v) is 3.86. The molecule has 0 radical (unpaired) electrons. The zero-order valence-electron chi connectivity index (χ0n) is 12.2. The highest BCUT2D eigenvalue weighted by Gasteiger charge is 2.03. The third kappa shape index (κ3) is 4.82. The number of benzene rings is 1. The summed E-state index contributed by atoms with van der Waals surface area (Å²) in [5.74, 6) is 0.527. The van der Waals surface area contributed by atoms with E-state index >= 15 is 0 Å². The molecule has 0 atom stereocenters. The second kappa shape index (κ2) is 7.73. The number of halogens is 1. The molecule has 1 aromatic heterocycles. The maximum atomic E-state index is 13.5. The van der Waals surface area contributed by atoms with E-state index < -0.39 is 0 Å². The lowest BCUT2D eigenvalue weighted by Gasteiger charge is -2.11. The molecule has 0 aliphatic heterocycles. The quantitative estimate of drug-likeness (QED) is 0.659. The number of nitrogens with one attached hydrogen (secondary N) is 2. The molecule has 0 fully saturated rings. The van der Waals surface area contributed by atoms with Crippen LogP contribution in [0.1, 0.15) is 15.4 Å². The predicted octanol–water partition coefficient (Wildman–Crippen LogP) is 2.50. The van der Waals surface area contributed by atoms with Crippen LogP contribution in [0.3, 0.4) is 0 Å². The number of rotatable bonds is 5. The summed E-state index contributed by atoms with van der Waals surface area (Å²) in [5, 5.41) is 7.38. The number of hydrogen-bond donors (Lipinski definition) is 2. The van der Waals surface area contributed by atoms with Gasteiger partial charge in [-0.05, 0) is 25.0 Å². The van der Waals surface area contributed by atoms with Crippen molar-refractivity contribution in [3.05, 3.63) is 51.7 Å². The minimum Gasteiger partial charge on any atom is -0.356 e. The van der Waals surface area contributed by atoms with Crippen LogP contribution < -0.4 is 10.6 Å². The Morgan fingerprint density at radius 2 is 2.14 bits per heavy atom. The smallest absolute Gasteiger partial charge is 0.191 e. The summed E-state index contributed by atoms with van der Waals surface area (Å²) >= 11 is 1.66. The summed E-state index contributed by atoms with van der Waals surface area (Å²) in [6.07, 6.45) is 2.47. The summed E-state index contributed by atoms with van der Waals surface area (Å²) in [5.41, 5.74) is 0.705. The molecule has 0 bridgehead atoms. The molecule has 0 spiro atoms. The number of aliphatic imine (C=N–C) groups is 1. The Labute approximate surface area is 128 Å². The highest BCUT2D eigenvalue weighted by atomic mass is 32.1. The maximum absolute atomic E-state index is 13.5. The van der Waals surface area contributed by atoms with Crippen LogP contribution in [0.15, 0.2) is 35.5 Å². The molecule has 0 amide bonds. The topological polar surface area (TPSA) is 49.3 Å². The molecule has 6 heteroatoms. The Morgan fingerprint density at radius 1 is 1.33 bits per heavy atom. The molecule has 1 aromatic carbocycles. The van der Waals surface area contributed by atoms with Crippen LogP contribution >= 0.6 is 11.3 Å². The molecular weight excluding hydrogens is 287 g/mol. The fourth-order valence-corrected chi connectivity index (χ4v) is 2.61. The maximum Gasteiger partial charge on any atom is 0.191 e. The molecular formula is C15H19FN4S. The molecule has 0 aliphatic rings. The molecule has 112 valence electrons. The Balaban J connectivity index is 1.77. The number of aromatic nitrogens is 1. The van der Waals surface area contributed by atoms with E-state index in [2.05, 4.69) is 20.6 Å². The normalized spacial score (nSPS) is 11.5. The highest BCUT2D eigenvalue weighted by Crippen LogP contribution is 2.10. The van der Waals surface area contributed by atoms with Gasteiger partial charge in [-0.15, -0.1) is 11.3 Å². The average Bonchev–Trinajstić information content (AvgIpc) is 2.90. The van der Waals surface area contributed by atoms with Gasteiger partial charge in [0.2, 0.25) is 0 Å². The summed E-state index contributed by atoms with van der Waals surface area (Å²) < 4.78 is 13.5. The third-order valence-electron chi connectivity index (χ3n) is 2.94. The standard InChI is InChI=1S/C15H19FN4S/c1-11-9-19-14(21-11)10-20-15(17-2)18-8-7-12-5-3-4-6-13(12)16/h3-6,9H,7-8,10H2,1-2H3,(H2,17,18,20). The highest BCUT2D eigenvalue weighted by molar-refractivity contribution is 7.11. The number of thiazole rings is 1. The summed E-state index contributed by atoms with van der Waals surface area (Å²) in [7, 11) is 1.71. The van der Waals surface area contributed by atoms with E-state index in [0.717, 1.165) is 5.01 Å². The van der Waals surface area contributed by atoms with Gasteiger partial charge in [0.15, 0.2) is 5.96 Å². The number of aryl methyl sites for hydroxylation is 1. The molecule has 0 saturated heterocycles. The van der Waals surface area contributed by atoms with Crippen LogP contribution in [0.2, 0.25) is 0 Å². The first-order valence-corrected chi connectivity index (χ1v) is 7.60. The van der Waals surface area contributed by atoms with Crippen molar-refractivity contribution in [3.8, 4) is 0 Å². The van der Waals surface area contributed by atoms with Gasteiger partial charge in [0.1, 0.15) is 10.8 Å². The van der Waals surface area contributed by atoms with E-state index in [4.69, 9.17) is 0 Å². The van der Waals surface area contributed by atoms with Crippen molar-refractivity contribution >= 4 is 17.3 Å². The second-order valence-electron chi connectivity index (χ2n) is 4.56. The largest absolute Gasteiger partial charge is 0.356 e. The molecule has 0 saturated carbocycles. The fraction of sp³-hybridized carbons (Fsp3) is 0.333. The van der Waals surface area contributed by atoms with E-state index in [0.29, 0.717) is 31.0 Å². The minimum atomic E-state index is -0.166. The van der Waals surface area contributed by atoms with Crippen LogP contribution in [0.25, 0.3) is 0 Å². The van der Waals surface area contributed by atoms with Gasteiger partial charge >= 0.3 is 0 Å². The zero-order chi connectivity index (χ0) is 15.1. The molecule has 0 unspecified atom stereocenters. The van der Waals surface area contributed by atoms with Gasteiger partial charge in [-0.3, -0.25) is 4.99 Å². The van der Waals surface area contributed by atoms with Crippen molar-refractivity contribution in [3.63, 3.8) is 0 Å². The number of nitrogens with zero attached hydrogens (tertiary/aromatic N) is 2. The van der Waals surface area contributed by atoms with Gasteiger partial charge in [0.25, 0.3) is 0 Å². The van der Waals surface area contributed by atoms with Gasteiger partial charge in [-0.25, -0.2) is 9.37 Å². The van der Waals surface area contributed by atoms with Crippen LogP contribution in [-0.4, -0.2) is 24.5 Å². The Kier molecular flexibility index (Phi) is 5.68. The first-order valence-electron chi connectivity index (χ1n) is 6.78. The molecule has 1 heterocycles. The van der Waals surface area contributed by atoms with Crippen molar-refractivity contribution in [2.75, 3.05) is 13.6 Å². The summed E-state index contributed by atoms with van der Waals surface area (Å²) in [4.78, 5) is 9.62. The van der Waals surface area contributed by atoms with Crippen molar-refractivity contribution in [2.24, 2.45) is 4.99 Å². The van der Waals surface area contributed by atoms with Crippen molar-refractivity contribution < 1.29 is 4.39 Å². The lowest BCUT2D eigenvalue weighted by atomic mass is 10.1. The van der Waals surface area contributed by atoms with Gasteiger partial charge in [0, 0.05) is 24.7 Å². The van der Waals surface area contributed by atoms with Crippen LogP contribution in [0, 0.1) is 12.7 Å². The fourth-order valence-electron chi connectivity index (χ4n) is 1.88. The van der Waals surface area contributed by atoms with E-state index in [1.165, 1.54) is 10.9 Å². The summed E-state index contributed by atoms with van der Waals surface area (Å²) in [6, 6.07) is 6.82. The van der Waals surface area contributed by atoms with E-state index in [-0.39, 0.29) is 5.82 Å². The van der Waals surface area contributed by atoms with Crippen LogP contribution in [-0.2, 0) is 13.0 Å². The summed E-state index contributed by atoms with van der Waals surface area (Å²) in [6.45, 7) is 3.29. The van der Waals surface area contributed by atoms with Crippen molar-refractivity contribution in [1.82, 2.24) is 15.6 Å². The first-order chi connectivity index (χ1) is 10.2.